The van der Waals surface area contributed by atoms with E-state index >= 15 is 0 Å². The molecule has 1 aliphatic carbocycles. The summed E-state index contributed by atoms with van der Waals surface area (Å²) >= 11 is 0. The third-order valence-corrected chi connectivity index (χ3v) is 7.53. The molecule has 2 amide bonds. The standard InChI is InChI=1S/C25H39N5O3/c31-24(32)19-30(18-20-4-2-1-3-5-20)22-8-6-21(7-9-22)27-25(33)29-16-14-28(15-17-29)23-10-12-26-13-11-23/h1-5,21-23,26H,6-19H2,(H,27,33)(H,31,32). The number of rotatable bonds is 7. The largest absolute Gasteiger partial charge is 0.480 e. The summed E-state index contributed by atoms with van der Waals surface area (Å²) in [5.74, 6) is -0.787. The van der Waals surface area contributed by atoms with Gasteiger partial charge in [-0.15, -0.1) is 0 Å². The van der Waals surface area contributed by atoms with Crippen molar-refractivity contribution < 1.29 is 14.7 Å². The highest BCUT2D eigenvalue weighted by Gasteiger charge is 2.31. The minimum atomic E-state index is -0.787. The Kier molecular flexibility index (Phi) is 8.58. The monoisotopic (exact) mass is 457 g/mol. The molecule has 1 aromatic rings. The van der Waals surface area contributed by atoms with E-state index in [-0.39, 0.29) is 24.7 Å². The van der Waals surface area contributed by atoms with Crippen LogP contribution < -0.4 is 10.6 Å². The molecule has 2 saturated heterocycles. The second-order valence-corrected chi connectivity index (χ2v) is 9.74. The van der Waals surface area contributed by atoms with Crippen molar-refractivity contribution >= 4 is 12.0 Å². The minimum Gasteiger partial charge on any atom is -0.480 e. The Morgan fingerprint density at radius 1 is 0.970 bits per heavy atom. The molecule has 0 radical (unpaired) electrons. The summed E-state index contributed by atoms with van der Waals surface area (Å²) in [4.78, 5) is 30.9. The zero-order chi connectivity index (χ0) is 23.0. The van der Waals surface area contributed by atoms with E-state index in [1.807, 2.05) is 35.2 Å². The summed E-state index contributed by atoms with van der Waals surface area (Å²) in [6.07, 6.45) is 6.03. The molecule has 8 nitrogen and oxygen atoms in total. The average molecular weight is 458 g/mol. The summed E-state index contributed by atoms with van der Waals surface area (Å²) < 4.78 is 0. The normalized spacial score (nSPS) is 25.2. The van der Waals surface area contributed by atoms with Crippen LogP contribution in [0, 0.1) is 0 Å². The molecule has 4 rings (SSSR count). The number of amides is 2. The molecule has 0 aromatic heterocycles. The van der Waals surface area contributed by atoms with E-state index < -0.39 is 5.97 Å². The average Bonchev–Trinajstić information content (AvgIpc) is 2.85. The Labute approximate surface area is 197 Å². The molecule has 2 heterocycles. The minimum absolute atomic E-state index is 0.0535. The van der Waals surface area contributed by atoms with Crippen LogP contribution in [0.3, 0.4) is 0 Å². The van der Waals surface area contributed by atoms with Gasteiger partial charge in [0, 0.05) is 50.8 Å². The highest BCUT2D eigenvalue weighted by atomic mass is 16.4. The van der Waals surface area contributed by atoms with Gasteiger partial charge in [0.2, 0.25) is 0 Å². The first-order valence-corrected chi connectivity index (χ1v) is 12.6. The maximum absolute atomic E-state index is 12.8. The highest BCUT2D eigenvalue weighted by Crippen LogP contribution is 2.25. The van der Waals surface area contributed by atoms with Gasteiger partial charge in [-0.3, -0.25) is 14.6 Å². The summed E-state index contributed by atoms with van der Waals surface area (Å²) in [5.41, 5.74) is 1.14. The van der Waals surface area contributed by atoms with Crippen molar-refractivity contribution in [2.75, 3.05) is 45.8 Å². The van der Waals surface area contributed by atoms with Crippen molar-refractivity contribution in [1.29, 1.82) is 0 Å². The van der Waals surface area contributed by atoms with Gasteiger partial charge in [-0.1, -0.05) is 30.3 Å². The molecule has 2 aliphatic heterocycles. The zero-order valence-electron chi connectivity index (χ0n) is 19.6. The van der Waals surface area contributed by atoms with Gasteiger partial charge < -0.3 is 20.6 Å². The first-order chi connectivity index (χ1) is 16.1. The van der Waals surface area contributed by atoms with Crippen molar-refractivity contribution in [3.63, 3.8) is 0 Å². The number of carboxylic acids is 1. The quantitative estimate of drug-likeness (QED) is 0.580. The topological polar surface area (TPSA) is 88.1 Å². The van der Waals surface area contributed by atoms with Gasteiger partial charge in [-0.25, -0.2) is 4.79 Å². The van der Waals surface area contributed by atoms with Crippen LogP contribution in [0.25, 0.3) is 0 Å². The number of hydrogen-bond acceptors (Lipinski definition) is 5. The van der Waals surface area contributed by atoms with E-state index in [1.54, 1.807) is 0 Å². The lowest BCUT2D eigenvalue weighted by molar-refractivity contribution is -0.139. The summed E-state index contributed by atoms with van der Waals surface area (Å²) in [7, 11) is 0. The Balaban J connectivity index is 1.21. The first kappa shape index (κ1) is 24.0. The maximum Gasteiger partial charge on any atom is 0.317 e. The predicted octanol–water partition coefficient (Wildman–Crippen LogP) is 1.96. The van der Waals surface area contributed by atoms with Crippen molar-refractivity contribution in [3.05, 3.63) is 35.9 Å². The van der Waals surface area contributed by atoms with Crippen molar-refractivity contribution in [3.8, 4) is 0 Å². The molecule has 3 fully saturated rings. The predicted molar refractivity (Wildman–Crippen MR) is 128 cm³/mol. The molecule has 3 N–H and O–H groups in total. The lowest BCUT2D eigenvalue weighted by Crippen LogP contribution is -2.57. The van der Waals surface area contributed by atoms with E-state index in [2.05, 4.69) is 20.4 Å². The van der Waals surface area contributed by atoms with E-state index in [0.29, 0.717) is 12.6 Å². The molecule has 1 aromatic carbocycles. The molecular weight excluding hydrogens is 418 g/mol. The highest BCUT2D eigenvalue weighted by molar-refractivity contribution is 5.74. The number of carbonyl (C=O) groups is 2. The molecule has 1 saturated carbocycles. The van der Waals surface area contributed by atoms with E-state index in [9.17, 15) is 14.7 Å². The smallest absolute Gasteiger partial charge is 0.317 e. The number of urea groups is 1. The number of benzene rings is 1. The van der Waals surface area contributed by atoms with Crippen LogP contribution >= 0.6 is 0 Å². The fraction of sp³-hybridized carbons (Fsp3) is 0.680. The Morgan fingerprint density at radius 3 is 2.27 bits per heavy atom. The first-order valence-electron chi connectivity index (χ1n) is 12.6. The number of carboxylic acid groups (broad SMARTS) is 1. The van der Waals surface area contributed by atoms with Crippen LogP contribution in [0.1, 0.15) is 44.1 Å². The van der Waals surface area contributed by atoms with Crippen LogP contribution in [0.2, 0.25) is 0 Å². The summed E-state index contributed by atoms with van der Waals surface area (Å²) in [5, 5.41) is 16.1. The number of piperazine rings is 1. The van der Waals surface area contributed by atoms with Crippen LogP contribution in [0.4, 0.5) is 4.79 Å². The number of nitrogens with one attached hydrogen (secondary N) is 2. The molecule has 8 heteroatoms. The number of piperidine rings is 1. The van der Waals surface area contributed by atoms with Gasteiger partial charge >= 0.3 is 12.0 Å². The summed E-state index contributed by atoms with van der Waals surface area (Å²) in [6.45, 7) is 6.44. The molecule has 0 spiro atoms. The Hall–Kier alpha value is -2.16. The fourth-order valence-corrected chi connectivity index (χ4v) is 5.62. The van der Waals surface area contributed by atoms with Gasteiger partial charge in [0.15, 0.2) is 0 Å². The summed E-state index contributed by atoms with van der Waals surface area (Å²) in [6, 6.07) is 11.2. The third-order valence-electron chi connectivity index (χ3n) is 7.53. The van der Waals surface area contributed by atoms with Crippen molar-refractivity contribution in [2.24, 2.45) is 0 Å². The van der Waals surface area contributed by atoms with Crippen LogP contribution in [0.5, 0.6) is 0 Å². The van der Waals surface area contributed by atoms with Gasteiger partial charge in [0.25, 0.3) is 0 Å². The van der Waals surface area contributed by atoms with Crippen molar-refractivity contribution in [1.82, 2.24) is 25.3 Å². The maximum atomic E-state index is 12.8. The van der Waals surface area contributed by atoms with Gasteiger partial charge in [0.1, 0.15) is 0 Å². The second kappa shape index (κ2) is 11.8. The fourth-order valence-electron chi connectivity index (χ4n) is 5.62. The lowest BCUT2D eigenvalue weighted by Gasteiger charge is -2.41. The molecular formula is C25H39N5O3. The van der Waals surface area contributed by atoms with Gasteiger partial charge in [-0.2, -0.15) is 0 Å². The molecule has 0 atom stereocenters. The number of nitrogens with zero attached hydrogens (tertiary/aromatic N) is 3. The molecule has 0 bridgehead atoms. The van der Waals surface area contributed by atoms with E-state index in [0.717, 1.165) is 70.5 Å². The molecule has 3 aliphatic rings. The Bertz CT molecular complexity index is 755. The van der Waals surface area contributed by atoms with Crippen molar-refractivity contribution in [2.45, 2.75) is 63.2 Å². The number of carbonyl (C=O) groups excluding carboxylic acids is 1. The van der Waals surface area contributed by atoms with Gasteiger partial charge in [0.05, 0.1) is 6.54 Å². The number of aliphatic carboxylic acids is 1. The molecule has 33 heavy (non-hydrogen) atoms. The lowest BCUT2D eigenvalue weighted by atomic mass is 9.90. The van der Waals surface area contributed by atoms with Gasteiger partial charge in [-0.05, 0) is 57.2 Å². The zero-order valence-corrected chi connectivity index (χ0v) is 19.6. The Morgan fingerprint density at radius 2 is 1.64 bits per heavy atom. The SMILES string of the molecule is O=C(O)CN(Cc1ccccc1)C1CCC(NC(=O)N2CCN(C3CCNCC3)CC2)CC1. The second-order valence-electron chi connectivity index (χ2n) is 9.74. The molecule has 182 valence electrons. The molecule has 0 unspecified atom stereocenters. The van der Waals surface area contributed by atoms with E-state index in [1.165, 1.54) is 12.8 Å². The van der Waals surface area contributed by atoms with Crippen LogP contribution in [-0.2, 0) is 11.3 Å². The third kappa shape index (κ3) is 6.91. The van der Waals surface area contributed by atoms with Crippen LogP contribution in [0.15, 0.2) is 30.3 Å². The van der Waals surface area contributed by atoms with Crippen LogP contribution in [-0.4, -0.2) is 95.7 Å². The van der Waals surface area contributed by atoms with E-state index in [4.69, 9.17) is 0 Å². The number of hydrogen-bond donors (Lipinski definition) is 3.